The number of ether oxygens (including phenoxy) is 2. The Hall–Kier alpha value is -3.51. The molecule has 5 bridgehead atoms. The summed E-state index contributed by atoms with van der Waals surface area (Å²) in [5.41, 5.74) is 0.360. The summed E-state index contributed by atoms with van der Waals surface area (Å²) >= 11 is 10.4. The van der Waals surface area contributed by atoms with Gasteiger partial charge in [-0.3, -0.25) is 19.2 Å². The summed E-state index contributed by atoms with van der Waals surface area (Å²) in [4.78, 5) is 62.6. The summed E-state index contributed by atoms with van der Waals surface area (Å²) in [7, 11) is 1.69. The third-order valence-corrected chi connectivity index (χ3v) is 11.7. The predicted molar refractivity (Wildman–Crippen MR) is 192 cm³/mol. The van der Waals surface area contributed by atoms with Gasteiger partial charge >= 0.3 is 5.97 Å². The number of para-hydroxylation sites is 1. The van der Waals surface area contributed by atoms with Crippen molar-refractivity contribution in [1.29, 1.82) is 0 Å². The first-order chi connectivity index (χ1) is 23.8. The van der Waals surface area contributed by atoms with Crippen LogP contribution in [0.15, 0.2) is 71.2 Å². The molecule has 8 atom stereocenters. The Morgan fingerprint density at radius 2 is 1.74 bits per heavy atom. The number of nitrogens with zero attached hydrogens (tertiary/aromatic N) is 3. The van der Waals surface area contributed by atoms with Gasteiger partial charge < -0.3 is 29.3 Å². The highest BCUT2D eigenvalue weighted by Crippen LogP contribution is 2.60. The van der Waals surface area contributed by atoms with Crippen molar-refractivity contribution in [2.45, 2.75) is 76.5 Å². The number of cyclic esters (lactones) is 1. The second-order valence-electron chi connectivity index (χ2n) is 13.9. The van der Waals surface area contributed by atoms with Crippen molar-refractivity contribution in [1.82, 2.24) is 9.80 Å². The quantitative estimate of drug-likeness (QED) is 0.322. The van der Waals surface area contributed by atoms with E-state index in [-0.39, 0.29) is 24.8 Å². The SMILES string of the molecule is Cc1cccc(Cl)c1N1C/C=C\CCC(=O)N(C)[C@@H](C)[C@H](c2ccccc2)OC(=O)[C@H]2[C@@H]3O[C@@]4(C=C3Br)[C@@H]2C(=O)N([C@@H](CO)C(C)C)[C@@H]4C1=O. The number of esters is 1. The van der Waals surface area contributed by atoms with Gasteiger partial charge in [0.05, 0.1) is 35.3 Å². The molecule has 2 aromatic rings. The molecule has 0 aromatic heterocycles. The molecule has 1 N–H and O–H groups in total. The average Bonchev–Trinajstić information content (AvgIpc) is 3.68. The van der Waals surface area contributed by atoms with Gasteiger partial charge in [0.1, 0.15) is 29.8 Å². The van der Waals surface area contributed by atoms with E-state index in [2.05, 4.69) is 15.9 Å². The van der Waals surface area contributed by atoms with Crippen molar-refractivity contribution >= 4 is 56.9 Å². The number of allylic oxidation sites excluding steroid dienone is 1. The van der Waals surface area contributed by atoms with Crippen LogP contribution in [0.1, 0.15) is 50.8 Å². The first-order valence-corrected chi connectivity index (χ1v) is 18.2. The van der Waals surface area contributed by atoms with Crippen molar-refractivity contribution in [3.8, 4) is 0 Å². The maximum Gasteiger partial charge on any atom is 0.313 e. The summed E-state index contributed by atoms with van der Waals surface area (Å²) in [6.07, 6.45) is 4.27. The third kappa shape index (κ3) is 5.99. The first kappa shape index (κ1) is 36.3. The molecule has 2 saturated heterocycles. The molecule has 1 spiro atoms. The number of halogens is 2. The van der Waals surface area contributed by atoms with E-state index in [1.54, 1.807) is 30.2 Å². The molecule has 0 saturated carbocycles. The van der Waals surface area contributed by atoms with Crippen LogP contribution < -0.4 is 4.90 Å². The summed E-state index contributed by atoms with van der Waals surface area (Å²) in [6, 6.07) is 12.0. The van der Waals surface area contributed by atoms with Gasteiger partial charge in [-0.15, -0.1) is 0 Å². The number of hydrogen-bond donors (Lipinski definition) is 1. The van der Waals surface area contributed by atoms with E-state index < -0.39 is 72.2 Å². The second-order valence-corrected chi connectivity index (χ2v) is 15.3. The Balaban J connectivity index is 1.54. The summed E-state index contributed by atoms with van der Waals surface area (Å²) in [5.74, 6) is -4.23. The van der Waals surface area contributed by atoms with Gasteiger partial charge in [-0.05, 0) is 49.5 Å². The number of anilines is 1. The molecule has 0 unspecified atom stereocenters. The lowest BCUT2D eigenvalue weighted by molar-refractivity contribution is -0.164. The fourth-order valence-electron chi connectivity index (χ4n) is 7.99. The monoisotopic (exact) mass is 767 g/mol. The minimum absolute atomic E-state index is 0.0877. The van der Waals surface area contributed by atoms with E-state index >= 15 is 4.79 Å². The van der Waals surface area contributed by atoms with E-state index in [1.807, 2.05) is 76.2 Å². The number of carbonyl (C=O) groups is 4. The molecular weight excluding hydrogens is 726 g/mol. The number of fused-ring (bicyclic) bond motifs is 2. The van der Waals surface area contributed by atoms with Crippen molar-refractivity contribution in [3.63, 3.8) is 0 Å². The van der Waals surface area contributed by atoms with Gasteiger partial charge in [0, 0.05) is 24.5 Å². The van der Waals surface area contributed by atoms with E-state index in [1.165, 1.54) is 9.80 Å². The molecule has 50 heavy (non-hydrogen) atoms. The van der Waals surface area contributed by atoms with Gasteiger partial charge in [-0.1, -0.05) is 96.0 Å². The van der Waals surface area contributed by atoms with Crippen LogP contribution in [0.4, 0.5) is 5.69 Å². The smallest absolute Gasteiger partial charge is 0.313 e. The van der Waals surface area contributed by atoms with Crippen LogP contribution in [0.5, 0.6) is 0 Å². The van der Waals surface area contributed by atoms with Gasteiger partial charge in [-0.2, -0.15) is 0 Å². The molecule has 2 aromatic carbocycles. The highest BCUT2D eigenvalue weighted by molar-refractivity contribution is 9.11. The molecule has 12 heteroatoms. The van der Waals surface area contributed by atoms with Gasteiger partial charge in [0.25, 0.3) is 5.91 Å². The average molecular weight is 769 g/mol. The molecule has 3 amide bonds. The van der Waals surface area contributed by atoms with Crippen LogP contribution in [0.25, 0.3) is 0 Å². The Morgan fingerprint density at radius 3 is 2.40 bits per heavy atom. The molecule has 266 valence electrons. The number of rotatable bonds is 5. The number of benzene rings is 2. The Morgan fingerprint density at radius 1 is 1.02 bits per heavy atom. The zero-order valence-electron chi connectivity index (χ0n) is 28.8. The Labute approximate surface area is 306 Å². The lowest BCUT2D eigenvalue weighted by Crippen LogP contribution is -2.59. The maximum absolute atomic E-state index is 15.2. The van der Waals surface area contributed by atoms with Gasteiger partial charge in [0.15, 0.2) is 0 Å². The van der Waals surface area contributed by atoms with Gasteiger partial charge in [-0.25, -0.2) is 0 Å². The zero-order chi connectivity index (χ0) is 36.1. The molecule has 4 aliphatic heterocycles. The molecule has 4 aliphatic rings. The van der Waals surface area contributed by atoms with Crippen molar-refractivity contribution in [3.05, 3.63) is 87.4 Å². The molecule has 0 radical (unpaired) electrons. The molecular formula is C38H43BrClN3O7. The van der Waals surface area contributed by atoms with Crippen molar-refractivity contribution in [2.75, 3.05) is 25.1 Å². The van der Waals surface area contributed by atoms with E-state index in [9.17, 15) is 19.5 Å². The van der Waals surface area contributed by atoms with Crippen LogP contribution in [0.2, 0.25) is 5.02 Å². The number of hydrogen-bond acceptors (Lipinski definition) is 7. The number of carbonyl (C=O) groups excluding carboxylic acids is 4. The molecule has 4 heterocycles. The topological polar surface area (TPSA) is 117 Å². The summed E-state index contributed by atoms with van der Waals surface area (Å²) < 4.78 is 13.5. The van der Waals surface area contributed by atoms with Crippen molar-refractivity contribution in [2.24, 2.45) is 17.8 Å². The number of aliphatic hydroxyl groups excluding tert-OH is 1. The highest BCUT2D eigenvalue weighted by atomic mass is 79.9. The largest absolute Gasteiger partial charge is 0.455 e. The number of amides is 3. The lowest BCUT2D eigenvalue weighted by atomic mass is 9.74. The van der Waals surface area contributed by atoms with Crippen LogP contribution in [0, 0.1) is 24.7 Å². The number of aryl methyl sites for hydroxylation is 1. The third-order valence-electron chi connectivity index (χ3n) is 10.7. The molecule has 0 aliphatic carbocycles. The van der Waals surface area contributed by atoms with Crippen molar-refractivity contribution < 1.29 is 33.8 Å². The highest BCUT2D eigenvalue weighted by Gasteiger charge is 2.75. The van der Waals surface area contributed by atoms with Crippen LogP contribution in [-0.2, 0) is 28.7 Å². The van der Waals surface area contributed by atoms with E-state index in [0.717, 1.165) is 5.56 Å². The molecule has 2 fully saturated rings. The zero-order valence-corrected chi connectivity index (χ0v) is 31.1. The minimum Gasteiger partial charge on any atom is -0.455 e. The second kappa shape index (κ2) is 14.3. The number of aliphatic hydroxyl groups is 1. The normalized spacial score (nSPS) is 31.6. The van der Waals surface area contributed by atoms with Crippen LogP contribution in [0.3, 0.4) is 0 Å². The Bertz CT molecular complexity index is 1710. The fourth-order valence-corrected chi connectivity index (χ4v) is 9.05. The lowest BCUT2D eigenvalue weighted by Gasteiger charge is -2.40. The van der Waals surface area contributed by atoms with E-state index in [0.29, 0.717) is 27.2 Å². The maximum atomic E-state index is 15.2. The van der Waals surface area contributed by atoms with Crippen LogP contribution in [-0.4, -0.2) is 88.6 Å². The minimum atomic E-state index is -1.55. The van der Waals surface area contributed by atoms with E-state index in [4.69, 9.17) is 21.1 Å². The molecule has 10 nitrogen and oxygen atoms in total. The predicted octanol–water partition coefficient (Wildman–Crippen LogP) is 5.35. The van der Waals surface area contributed by atoms with Crippen LogP contribution >= 0.6 is 27.5 Å². The fraction of sp³-hybridized carbons (Fsp3) is 0.474. The first-order valence-electron chi connectivity index (χ1n) is 17.1. The number of likely N-dealkylation sites (tertiary alicyclic amines) is 1. The standard InChI is InChI=1S/C38H43BrClN3O7/c1-21(2)27(20-44)43-34-36(47)42(31-22(3)13-12-16-26(31)40)18-11-7-10-17-28(45)41(5)23(4)32(24-14-8-6-9-15-24)49-37(48)29-30(35(43)46)38(34)19-25(39)33(29)50-38/h6-9,11-16,19,21,23,27,29-30,32-34,44H,10,17-18,20H2,1-5H3/b11-7-/t23-,27-,29+,30-,32+,33+,34+,38-/m0/s1. The molecule has 6 rings (SSSR count). The summed E-state index contributed by atoms with van der Waals surface area (Å²) in [6.45, 7) is 7.11. The van der Waals surface area contributed by atoms with Gasteiger partial charge in [0.2, 0.25) is 11.8 Å². The summed E-state index contributed by atoms with van der Waals surface area (Å²) in [5, 5.41) is 11.0. The number of likely N-dealkylation sites (N-methyl/N-ethyl adjacent to an activating group) is 1. The Kier molecular flexibility index (Phi) is 10.3.